The first-order chi connectivity index (χ1) is 7.70. The van der Waals surface area contributed by atoms with Crippen LogP contribution in [-0.4, -0.2) is 28.3 Å². The van der Waals surface area contributed by atoms with Gasteiger partial charge in [0.05, 0.1) is 7.11 Å². The van der Waals surface area contributed by atoms with Crippen molar-refractivity contribution in [1.29, 1.82) is 0 Å². The molecule has 0 saturated carbocycles. The number of carboxylic acids is 1. The summed E-state index contributed by atoms with van der Waals surface area (Å²) in [6.45, 7) is 0. The van der Waals surface area contributed by atoms with Gasteiger partial charge in [-0.25, -0.2) is 9.78 Å². The zero-order valence-corrected chi connectivity index (χ0v) is 8.38. The molecule has 0 bridgehead atoms. The summed E-state index contributed by atoms with van der Waals surface area (Å²) >= 11 is 0. The molecule has 0 aromatic carbocycles. The number of aromatic nitrogens is 2. The van der Waals surface area contributed by atoms with E-state index in [1.807, 2.05) is 0 Å². The van der Waals surface area contributed by atoms with Crippen LogP contribution < -0.4 is 4.74 Å². The van der Waals surface area contributed by atoms with Crippen molar-refractivity contribution in [3.8, 4) is 17.2 Å². The van der Waals surface area contributed by atoms with Crippen LogP contribution in [0.1, 0.15) is 10.5 Å². The van der Waals surface area contributed by atoms with Gasteiger partial charge in [-0.3, -0.25) is 0 Å². The van der Waals surface area contributed by atoms with Gasteiger partial charge >= 0.3 is 5.97 Å². The number of hydrogen-bond donors (Lipinski definition) is 1. The molecule has 16 heavy (non-hydrogen) atoms. The first kappa shape index (κ1) is 10.2. The van der Waals surface area contributed by atoms with Crippen molar-refractivity contribution in [2.24, 2.45) is 0 Å². The molecule has 0 aliphatic carbocycles. The molecule has 0 aliphatic heterocycles. The van der Waals surface area contributed by atoms with E-state index in [9.17, 15) is 4.79 Å². The minimum absolute atomic E-state index is 0.134. The number of ether oxygens (including phenoxy) is 1. The zero-order chi connectivity index (χ0) is 11.5. The van der Waals surface area contributed by atoms with Gasteiger partial charge in [0.2, 0.25) is 5.88 Å². The number of pyridine rings is 1. The van der Waals surface area contributed by atoms with Crippen LogP contribution in [0.2, 0.25) is 0 Å². The average molecular weight is 220 g/mol. The minimum atomic E-state index is -1.13. The van der Waals surface area contributed by atoms with Crippen molar-refractivity contribution in [3.05, 3.63) is 30.1 Å². The summed E-state index contributed by atoms with van der Waals surface area (Å²) in [6, 6.07) is 4.70. The fourth-order valence-corrected chi connectivity index (χ4v) is 1.16. The van der Waals surface area contributed by atoms with Crippen LogP contribution in [0.5, 0.6) is 5.88 Å². The van der Waals surface area contributed by atoms with Gasteiger partial charge in [0.25, 0.3) is 0 Å². The van der Waals surface area contributed by atoms with Gasteiger partial charge in [-0.2, -0.15) is 0 Å². The molecule has 0 atom stereocenters. The van der Waals surface area contributed by atoms with E-state index in [-0.39, 0.29) is 5.69 Å². The molecule has 0 amide bonds. The minimum Gasteiger partial charge on any atom is -0.481 e. The van der Waals surface area contributed by atoms with E-state index in [1.54, 1.807) is 12.1 Å². The van der Waals surface area contributed by atoms with Gasteiger partial charge in [0.15, 0.2) is 11.5 Å². The maximum absolute atomic E-state index is 10.6. The van der Waals surface area contributed by atoms with E-state index < -0.39 is 5.97 Å². The number of rotatable bonds is 3. The second-order valence-electron chi connectivity index (χ2n) is 2.97. The van der Waals surface area contributed by atoms with E-state index >= 15 is 0 Å². The third kappa shape index (κ3) is 1.85. The lowest BCUT2D eigenvalue weighted by molar-refractivity contribution is 0.0686. The number of carboxylic acid groups (broad SMARTS) is 1. The van der Waals surface area contributed by atoms with Crippen molar-refractivity contribution >= 4 is 5.97 Å². The Kier molecular flexibility index (Phi) is 2.55. The third-order valence-electron chi connectivity index (χ3n) is 1.96. The van der Waals surface area contributed by atoms with Crippen LogP contribution in [0.3, 0.4) is 0 Å². The van der Waals surface area contributed by atoms with Gasteiger partial charge in [-0.15, -0.1) is 0 Å². The Morgan fingerprint density at radius 1 is 1.50 bits per heavy atom. The van der Waals surface area contributed by atoms with Gasteiger partial charge in [-0.1, -0.05) is 5.16 Å². The van der Waals surface area contributed by atoms with E-state index in [4.69, 9.17) is 14.4 Å². The molecule has 0 unspecified atom stereocenters. The Morgan fingerprint density at radius 3 is 2.81 bits per heavy atom. The summed E-state index contributed by atoms with van der Waals surface area (Å²) in [7, 11) is 1.51. The average Bonchev–Trinajstić information content (AvgIpc) is 2.78. The van der Waals surface area contributed by atoms with Crippen molar-refractivity contribution in [2.75, 3.05) is 7.11 Å². The third-order valence-corrected chi connectivity index (χ3v) is 1.96. The highest BCUT2D eigenvalue weighted by Gasteiger charge is 2.12. The molecule has 2 rings (SSSR count). The molecule has 6 heteroatoms. The van der Waals surface area contributed by atoms with Gasteiger partial charge in [0, 0.05) is 23.9 Å². The Labute approximate surface area is 90.5 Å². The first-order valence-corrected chi connectivity index (χ1v) is 4.41. The second-order valence-corrected chi connectivity index (χ2v) is 2.97. The molecule has 6 nitrogen and oxygen atoms in total. The molecule has 0 spiro atoms. The lowest BCUT2D eigenvalue weighted by Crippen LogP contribution is -1.94. The fourth-order valence-electron chi connectivity index (χ4n) is 1.16. The monoisotopic (exact) mass is 220 g/mol. The quantitative estimate of drug-likeness (QED) is 0.842. The molecular weight excluding hydrogens is 212 g/mol. The van der Waals surface area contributed by atoms with E-state index in [0.29, 0.717) is 17.2 Å². The summed E-state index contributed by atoms with van der Waals surface area (Å²) in [5.41, 5.74) is 0.506. The maximum Gasteiger partial charge on any atom is 0.358 e. The van der Waals surface area contributed by atoms with Crippen LogP contribution in [0.25, 0.3) is 11.3 Å². The van der Waals surface area contributed by atoms with Crippen LogP contribution in [-0.2, 0) is 0 Å². The predicted octanol–water partition coefficient (Wildman–Crippen LogP) is 1.44. The standard InChI is InChI=1S/C10H8N2O4/c1-15-9-3-2-6(5-11-9)8-4-7(10(13)14)12-16-8/h2-5H,1H3,(H,13,14). The fraction of sp³-hybridized carbons (Fsp3) is 0.100. The van der Waals surface area contributed by atoms with Crippen molar-refractivity contribution in [1.82, 2.24) is 10.1 Å². The molecule has 0 fully saturated rings. The molecule has 1 N–H and O–H groups in total. The Bertz CT molecular complexity index is 504. The Hall–Kier alpha value is -2.37. The van der Waals surface area contributed by atoms with Crippen molar-refractivity contribution in [3.63, 3.8) is 0 Å². The first-order valence-electron chi connectivity index (χ1n) is 4.41. The number of hydrogen-bond acceptors (Lipinski definition) is 5. The lowest BCUT2D eigenvalue weighted by Gasteiger charge is -1.98. The highest BCUT2D eigenvalue weighted by atomic mass is 16.5. The molecule has 0 radical (unpaired) electrons. The van der Waals surface area contributed by atoms with Crippen LogP contribution >= 0.6 is 0 Å². The van der Waals surface area contributed by atoms with Crippen LogP contribution in [0.15, 0.2) is 28.9 Å². The molecule has 2 heterocycles. The molecule has 82 valence electrons. The number of aromatic carboxylic acids is 1. The molecule has 0 saturated heterocycles. The van der Waals surface area contributed by atoms with E-state index in [2.05, 4.69) is 10.1 Å². The Balaban J connectivity index is 2.31. The zero-order valence-electron chi connectivity index (χ0n) is 8.38. The summed E-state index contributed by atoms with van der Waals surface area (Å²) in [6.07, 6.45) is 1.52. The topological polar surface area (TPSA) is 85.5 Å². The highest BCUT2D eigenvalue weighted by molar-refractivity contribution is 5.86. The highest BCUT2D eigenvalue weighted by Crippen LogP contribution is 2.20. The summed E-state index contributed by atoms with van der Waals surface area (Å²) in [5, 5.41) is 12.1. The van der Waals surface area contributed by atoms with Gasteiger partial charge in [0.1, 0.15) is 0 Å². The van der Waals surface area contributed by atoms with Crippen LogP contribution in [0, 0.1) is 0 Å². The van der Waals surface area contributed by atoms with Gasteiger partial charge < -0.3 is 14.4 Å². The number of methoxy groups -OCH3 is 1. The van der Waals surface area contributed by atoms with Gasteiger partial charge in [-0.05, 0) is 6.07 Å². The van der Waals surface area contributed by atoms with Crippen molar-refractivity contribution < 1.29 is 19.2 Å². The smallest absolute Gasteiger partial charge is 0.358 e. The summed E-state index contributed by atoms with van der Waals surface area (Å²) in [5.74, 6) is -0.300. The summed E-state index contributed by atoms with van der Waals surface area (Å²) < 4.78 is 9.77. The lowest BCUT2D eigenvalue weighted by atomic mass is 10.2. The molecule has 2 aromatic rings. The summed E-state index contributed by atoms with van der Waals surface area (Å²) in [4.78, 5) is 14.6. The maximum atomic E-state index is 10.6. The van der Waals surface area contributed by atoms with Crippen LogP contribution in [0.4, 0.5) is 0 Å². The van der Waals surface area contributed by atoms with E-state index in [0.717, 1.165) is 0 Å². The molecule has 0 aliphatic rings. The normalized spacial score (nSPS) is 10.1. The predicted molar refractivity (Wildman–Crippen MR) is 53.2 cm³/mol. The number of nitrogens with zero attached hydrogens (tertiary/aromatic N) is 2. The second kappa shape index (κ2) is 4.01. The molecular formula is C10H8N2O4. The van der Waals surface area contributed by atoms with Crippen molar-refractivity contribution in [2.45, 2.75) is 0 Å². The number of carbonyl (C=O) groups is 1. The molecule has 2 aromatic heterocycles. The SMILES string of the molecule is COc1ccc(-c2cc(C(=O)O)no2)cn1. The Morgan fingerprint density at radius 2 is 2.31 bits per heavy atom. The largest absolute Gasteiger partial charge is 0.481 e. The van der Waals surface area contributed by atoms with E-state index in [1.165, 1.54) is 19.4 Å².